The van der Waals surface area contributed by atoms with Crippen molar-refractivity contribution in [3.8, 4) is 0 Å². The lowest BCUT2D eigenvalue weighted by Gasteiger charge is -2.09. The molecule has 0 aromatic carbocycles. The maximum Gasteiger partial charge on any atom is 0.336 e. The fraction of sp³-hybridized carbons (Fsp3) is 0.333. The molecule has 1 aromatic heterocycles. The third-order valence-electron chi connectivity index (χ3n) is 1.94. The summed E-state index contributed by atoms with van der Waals surface area (Å²) in [7, 11) is 0. The van der Waals surface area contributed by atoms with Crippen LogP contribution in [0.3, 0.4) is 0 Å². The van der Waals surface area contributed by atoms with Crippen molar-refractivity contribution < 1.29 is 18.7 Å². The third-order valence-corrected chi connectivity index (χ3v) is 2.51. The number of carboxylic acids is 1. The number of rotatable bonds is 3. The standard InChI is InChI=1S/C9H8BrF2NO2/c1-4-6(9(14)15)2-5(3-10)13-7(4)8(11)12/h2,8H,3H2,1H3,(H,14,15). The number of alkyl halides is 3. The highest BCUT2D eigenvalue weighted by atomic mass is 79.9. The molecule has 0 saturated heterocycles. The van der Waals surface area contributed by atoms with Crippen LogP contribution in [0.1, 0.15) is 33.7 Å². The van der Waals surface area contributed by atoms with Crippen LogP contribution in [0.15, 0.2) is 6.07 Å². The first-order valence-electron chi connectivity index (χ1n) is 4.05. The first-order valence-corrected chi connectivity index (χ1v) is 5.17. The van der Waals surface area contributed by atoms with Crippen molar-refractivity contribution in [2.45, 2.75) is 18.7 Å². The van der Waals surface area contributed by atoms with Crippen LogP contribution in [0.25, 0.3) is 0 Å². The van der Waals surface area contributed by atoms with E-state index in [-0.39, 0.29) is 22.2 Å². The predicted octanol–water partition coefficient (Wildman–Crippen LogP) is 2.92. The molecule has 0 unspecified atom stereocenters. The number of nitrogens with zero attached hydrogens (tertiary/aromatic N) is 1. The zero-order chi connectivity index (χ0) is 11.6. The topological polar surface area (TPSA) is 50.2 Å². The van der Waals surface area contributed by atoms with E-state index >= 15 is 0 Å². The average molecular weight is 280 g/mol. The monoisotopic (exact) mass is 279 g/mol. The van der Waals surface area contributed by atoms with Gasteiger partial charge in [-0.15, -0.1) is 0 Å². The molecule has 0 amide bonds. The molecule has 82 valence electrons. The van der Waals surface area contributed by atoms with Crippen LogP contribution < -0.4 is 0 Å². The summed E-state index contributed by atoms with van der Waals surface area (Å²) >= 11 is 3.05. The second-order valence-electron chi connectivity index (χ2n) is 2.91. The molecule has 1 rings (SSSR count). The third kappa shape index (κ3) is 2.50. The minimum atomic E-state index is -2.76. The Morgan fingerprint density at radius 3 is 2.67 bits per heavy atom. The smallest absolute Gasteiger partial charge is 0.336 e. The van der Waals surface area contributed by atoms with Crippen molar-refractivity contribution in [1.29, 1.82) is 0 Å². The lowest BCUT2D eigenvalue weighted by molar-refractivity contribution is 0.0695. The number of hydrogen-bond acceptors (Lipinski definition) is 2. The van der Waals surface area contributed by atoms with Crippen LogP contribution >= 0.6 is 15.9 Å². The first kappa shape index (κ1) is 12.0. The largest absolute Gasteiger partial charge is 0.478 e. The van der Waals surface area contributed by atoms with Gasteiger partial charge in [-0.05, 0) is 18.6 Å². The van der Waals surface area contributed by atoms with E-state index in [0.717, 1.165) is 0 Å². The molecule has 1 N–H and O–H groups in total. The van der Waals surface area contributed by atoms with Crippen molar-refractivity contribution in [2.24, 2.45) is 0 Å². The van der Waals surface area contributed by atoms with E-state index in [9.17, 15) is 13.6 Å². The van der Waals surface area contributed by atoms with Crippen LogP contribution in [0.4, 0.5) is 8.78 Å². The van der Waals surface area contributed by atoms with Crippen LogP contribution in [-0.2, 0) is 5.33 Å². The first-order chi connectivity index (χ1) is 6.97. The molecule has 0 bridgehead atoms. The number of aromatic nitrogens is 1. The van der Waals surface area contributed by atoms with E-state index in [4.69, 9.17) is 5.11 Å². The molecular formula is C9H8BrF2NO2. The molecule has 0 aliphatic carbocycles. The van der Waals surface area contributed by atoms with Gasteiger partial charge in [0.2, 0.25) is 0 Å². The summed E-state index contributed by atoms with van der Waals surface area (Å²) in [5.41, 5.74) is -0.297. The molecule has 0 radical (unpaired) electrons. The van der Waals surface area contributed by atoms with E-state index in [2.05, 4.69) is 20.9 Å². The highest BCUT2D eigenvalue weighted by Crippen LogP contribution is 2.24. The van der Waals surface area contributed by atoms with Gasteiger partial charge < -0.3 is 5.11 Å². The number of pyridine rings is 1. The summed E-state index contributed by atoms with van der Waals surface area (Å²) in [6, 6.07) is 1.29. The van der Waals surface area contributed by atoms with Gasteiger partial charge in [-0.1, -0.05) is 15.9 Å². The second kappa shape index (κ2) is 4.65. The number of hydrogen-bond donors (Lipinski definition) is 1. The van der Waals surface area contributed by atoms with Crippen LogP contribution in [0.5, 0.6) is 0 Å². The molecule has 0 atom stereocenters. The van der Waals surface area contributed by atoms with Gasteiger partial charge in [0.05, 0.1) is 11.3 Å². The van der Waals surface area contributed by atoms with E-state index in [1.54, 1.807) is 0 Å². The van der Waals surface area contributed by atoms with Gasteiger partial charge in [-0.3, -0.25) is 4.98 Å². The van der Waals surface area contributed by atoms with Gasteiger partial charge in [-0.25, -0.2) is 13.6 Å². The highest BCUT2D eigenvalue weighted by molar-refractivity contribution is 9.08. The Balaban J connectivity index is 3.40. The van der Waals surface area contributed by atoms with Gasteiger partial charge >= 0.3 is 5.97 Å². The van der Waals surface area contributed by atoms with Crippen molar-refractivity contribution in [2.75, 3.05) is 0 Å². The molecule has 3 nitrogen and oxygen atoms in total. The average Bonchev–Trinajstić information content (AvgIpc) is 2.17. The molecule has 0 saturated carbocycles. The molecular weight excluding hydrogens is 272 g/mol. The zero-order valence-corrected chi connectivity index (χ0v) is 9.38. The van der Waals surface area contributed by atoms with Crippen LogP contribution in [0, 0.1) is 6.92 Å². The zero-order valence-electron chi connectivity index (χ0n) is 7.80. The molecule has 0 aliphatic heterocycles. The molecule has 1 heterocycles. The maximum atomic E-state index is 12.5. The summed E-state index contributed by atoms with van der Waals surface area (Å²) < 4.78 is 25.0. The Labute approximate surface area is 93.3 Å². The summed E-state index contributed by atoms with van der Waals surface area (Å²) in [5, 5.41) is 9.05. The number of carbonyl (C=O) groups is 1. The van der Waals surface area contributed by atoms with Crippen molar-refractivity contribution in [3.63, 3.8) is 0 Å². The molecule has 0 fully saturated rings. The highest BCUT2D eigenvalue weighted by Gasteiger charge is 2.19. The Bertz CT molecular complexity index is 396. The molecule has 1 aromatic rings. The number of aromatic carboxylic acids is 1. The number of halogens is 3. The molecule has 6 heteroatoms. The summed E-state index contributed by atoms with van der Waals surface area (Å²) in [6.45, 7) is 1.33. The van der Waals surface area contributed by atoms with Crippen LogP contribution in [0.2, 0.25) is 0 Å². The van der Waals surface area contributed by atoms with Crippen molar-refractivity contribution in [3.05, 3.63) is 28.6 Å². The van der Waals surface area contributed by atoms with Gasteiger partial charge in [0, 0.05) is 5.33 Å². The second-order valence-corrected chi connectivity index (χ2v) is 3.47. The lowest BCUT2D eigenvalue weighted by atomic mass is 10.1. The van der Waals surface area contributed by atoms with E-state index in [0.29, 0.717) is 0 Å². The fourth-order valence-electron chi connectivity index (χ4n) is 1.19. The fourth-order valence-corrected chi connectivity index (χ4v) is 1.47. The minimum absolute atomic E-state index is 0.0159. The minimum Gasteiger partial charge on any atom is -0.478 e. The molecule has 0 spiro atoms. The Morgan fingerprint density at radius 2 is 2.27 bits per heavy atom. The summed E-state index contributed by atoms with van der Waals surface area (Å²) in [4.78, 5) is 14.4. The van der Waals surface area contributed by atoms with Crippen molar-refractivity contribution in [1.82, 2.24) is 4.98 Å². The maximum absolute atomic E-state index is 12.5. The Hall–Kier alpha value is -1.04. The Morgan fingerprint density at radius 1 is 1.67 bits per heavy atom. The quantitative estimate of drug-likeness (QED) is 0.866. The van der Waals surface area contributed by atoms with E-state index in [1.165, 1.54) is 13.0 Å². The summed E-state index contributed by atoms with van der Waals surface area (Å²) in [5.74, 6) is -1.22. The normalized spacial score (nSPS) is 10.7. The van der Waals surface area contributed by atoms with Gasteiger partial charge in [0.15, 0.2) is 0 Å². The SMILES string of the molecule is Cc1c(C(=O)O)cc(CBr)nc1C(F)F. The van der Waals surface area contributed by atoms with E-state index < -0.39 is 18.1 Å². The molecule has 0 aliphatic rings. The lowest BCUT2D eigenvalue weighted by Crippen LogP contribution is -2.07. The van der Waals surface area contributed by atoms with Gasteiger partial charge in [0.25, 0.3) is 6.43 Å². The Kier molecular flexibility index (Phi) is 3.73. The van der Waals surface area contributed by atoms with Gasteiger partial charge in [0.1, 0.15) is 5.69 Å². The number of carboxylic acid groups (broad SMARTS) is 1. The van der Waals surface area contributed by atoms with E-state index in [1.807, 2.05) is 0 Å². The summed E-state index contributed by atoms with van der Waals surface area (Å²) in [6.07, 6.45) is -2.76. The molecule has 15 heavy (non-hydrogen) atoms. The van der Waals surface area contributed by atoms with Crippen molar-refractivity contribution >= 4 is 21.9 Å². The van der Waals surface area contributed by atoms with Gasteiger partial charge in [-0.2, -0.15) is 0 Å². The van der Waals surface area contributed by atoms with Crippen LogP contribution in [-0.4, -0.2) is 16.1 Å². The predicted molar refractivity (Wildman–Crippen MR) is 53.5 cm³/mol.